The Labute approximate surface area is 183 Å². The summed E-state index contributed by atoms with van der Waals surface area (Å²) in [4.78, 5) is 16.1. The van der Waals surface area contributed by atoms with Gasteiger partial charge in [0.05, 0.1) is 0 Å². The molecule has 3 N–H and O–H groups in total. The lowest BCUT2D eigenvalue weighted by Crippen LogP contribution is -2.34. The second-order valence-electron chi connectivity index (χ2n) is 8.86. The van der Waals surface area contributed by atoms with Crippen LogP contribution >= 0.6 is 11.3 Å². The van der Waals surface area contributed by atoms with E-state index in [-0.39, 0.29) is 0 Å². The smallest absolute Gasteiger partial charge is 0.346 e. The molecule has 2 heterocycles. The van der Waals surface area contributed by atoms with Crippen molar-refractivity contribution >= 4 is 28.6 Å². The molecule has 1 aromatic heterocycles. The van der Waals surface area contributed by atoms with Crippen molar-refractivity contribution in [3.8, 4) is 10.4 Å². The third kappa shape index (κ3) is 4.33. The Morgan fingerprint density at radius 3 is 2.67 bits per heavy atom. The molecule has 160 valence electrons. The van der Waals surface area contributed by atoms with Crippen LogP contribution in [0.5, 0.6) is 0 Å². The van der Waals surface area contributed by atoms with Crippen molar-refractivity contribution in [3.63, 3.8) is 0 Å². The van der Waals surface area contributed by atoms with Gasteiger partial charge in [-0.3, -0.25) is 4.90 Å². The third-order valence-corrected chi connectivity index (χ3v) is 8.01. The molecule has 1 aliphatic carbocycles. The van der Waals surface area contributed by atoms with Crippen LogP contribution in [0.3, 0.4) is 0 Å². The lowest BCUT2D eigenvalue weighted by molar-refractivity contribution is 0.0702. The lowest BCUT2D eigenvalue weighted by atomic mass is 9.75. The molecule has 0 atom stereocenters. The van der Waals surface area contributed by atoms with Crippen molar-refractivity contribution in [3.05, 3.63) is 46.3 Å². The minimum Gasteiger partial charge on any atom is -0.477 e. The molecule has 0 amide bonds. The fourth-order valence-electron chi connectivity index (χ4n) is 5.02. The topological polar surface area (TPSA) is 66.6 Å². The summed E-state index contributed by atoms with van der Waals surface area (Å²) in [6, 6.07) is 9.83. The summed E-state index contributed by atoms with van der Waals surface area (Å²) < 4.78 is 0. The summed E-state index contributed by atoms with van der Waals surface area (Å²) >= 11 is 1.38. The Morgan fingerprint density at radius 2 is 2.00 bits per heavy atom. The standard InChI is InChI=1S/C25H32N2O2S/c1-3-27-12-11-20(22(15-27)17-9-7-16(2)8-10-17)21-14-23(30-24(21)25(28)29)18-5-4-6-19(26)13-18/h4-6,13-14,16-17H,3,7-12,15,26H2,1-2H3,(H,28,29). The molecule has 4 nitrogen and oxygen atoms in total. The summed E-state index contributed by atoms with van der Waals surface area (Å²) in [5.41, 5.74) is 11.4. The number of nitrogens with two attached hydrogens (primary N) is 1. The predicted octanol–water partition coefficient (Wildman–Crippen LogP) is 6.00. The van der Waals surface area contributed by atoms with E-state index in [9.17, 15) is 9.90 Å². The number of rotatable bonds is 5. The van der Waals surface area contributed by atoms with Crippen molar-refractivity contribution in [2.45, 2.75) is 46.0 Å². The van der Waals surface area contributed by atoms with Gasteiger partial charge in [0.25, 0.3) is 0 Å². The number of carboxylic acids is 1. The minimum absolute atomic E-state index is 0.467. The zero-order chi connectivity index (χ0) is 21.3. The van der Waals surface area contributed by atoms with Crippen molar-refractivity contribution in [2.24, 2.45) is 11.8 Å². The zero-order valence-electron chi connectivity index (χ0n) is 18.0. The predicted molar refractivity (Wildman–Crippen MR) is 126 cm³/mol. The van der Waals surface area contributed by atoms with E-state index < -0.39 is 5.97 Å². The van der Waals surface area contributed by atoms with Crippen molar-refractivity contribution in [1.29, 1.82) is 0 Å². The molecular weight excluding hydrogens is 392 g/mol. The number of nitrogen functional groups attached to an aromatic ring is 1. The molecule has 2 aromatic rings. The first-order valence-corrected chi connectivity index (χ1v) is 12.0. The van der Waals surface area contributed by atoms with Gasteiger partial charge in [0.15, 0.2) is 0 Å². The molecule has 0 saturated heterocycles. The number of aromatic carboxylic acids is 1. The van der Waals surface area contributed by atoms with E-state index in [1.165, 1.54) is 48.2 Å². The molecule has 30 heavy (non-hydrogen) atoms. The molecule has 2 aliphatic rings. The van der Waals surface area contributed by atoms with Crippen LogP contribution in [-0.2, 0) is 0 Å². The molecule has 5 heteroatoms. The number of nitrogens with zero attached hydrogens (tertiary/aromatic N) is 1. The number of hydrogen-bond donors (Lipinski definition) is 2. The molecule has 0 unspecified atom stereocenters. The summed E-state index contributed by atoms with van der Waals surface area (Å²) in [6.45, 7) is 7.60. The molecule has 1 aromatic carbocycles. The average Bonchev–Trinajstić information content (AvgIpc) is 3.19. The van der Waals surface area contributed by atoms with E-state index in [1.54, 1.807) is 0 Å². The summed E-state index contributed by atoms with van der Waals surface area (Å²) in [5.74, 6) is 0.567. The highest BCUT2D eigenvalue weighted by molar-refractivity contribution is 7.17. The van der Waals surface area contributed by atoms with Crippen LogP contribution in [-0.4, -0.2) is 35.6 Å². The van der Waals surface area contributed by atoms with Crippen LogP contribution < -0.4 is 5.73 Å². The number of likely N-dealkylation sites (N-methyl/N-ethyl adjacent to an activating group) is 1. The first-order valence-electron chi connectivity index (χ1n) is 11.1. The number of benzene rings is 1. The van der Waals surface area contributed by atoms with Crippen molar-refractivity contribution in [1.82, 2.24) is 4.90 Å². The van der Waals surface area contributed by atoms with E-state index in [0.29, 0.717) is 16.5 Å². The fourth-order valence-corrected chi connectivity index (χ4v) is 6.04. The maximum Gasteiger partial charge on any atom is 0.346 e. The summed E-state index contributed by atoms with van der Waals surface area (Å²) in [6.07, 6.45) is 5.94. The van der Waals surface area contributed by atoms with Crippen LogP contribution in [0.15, 0.2) is 35.9 Å². The van der Waals surface area contributed by atoms with E-state index >= 15 is 0 Å². The molecule has 1 saturated carbocycles. The number of thiophene rings is 1. The Balaban J connectivity index is 1.79. The van der Waals surface area contributed by atoms with E-state index in [1.807, 2.05) is 24.3 Å². The number of anilines is 1. The Hall–Kier alpha value is -2.11. The highest BCUT2D eigenvalue weighted by Gasteiger charge is 2.30. The number of carbonyl (C=O) groups is 1. The maximum atomic E-state index is 12.2. The largest absolute Gasteiger partial charge is 0.477 e. The number of hydrogen-bond acceptors (Lipinski definition) is 4. The molecule has 0 radical (unpaired) electrons. The van der Waals surface area contributed by atoms with Gasteiger partial charge in [0.2, 0.25) is 0 Å². The van der Waals surface area contributed by atoms with Gasteiger partial charge in [-0.25, -0.2) is 4.79 Å². The highest BCUT2D eigenvalue weighted by atomic mass is 32.1. The van der Waals surface area contributed by atoms with Gasteiger partial charge in [-0.05, 0) is 72.6 Å². The fraction of sp³-hybridized carbons (Fsp3) is 0.480. The maximum absolute atomic E-state index is 12.2. The SMILES string of the molecule is CCN1CCC(c2cc(-c3cccc(N)c3)sc2C(=O)O)=C(C2CCC(C)CC2)C1. The van der Waals surface area contributed by atoms with Crippen LogP contribution in [0, 0.1) is 11.8 Å². The van der Waals surface area contributed by atoms with Gasteiger partial charge in [-0.2, -0.15) is 0 Å². The quantitative estimate of drug-likeness (QED) is 0.578. The first-order chi connectivity index (χ1) is 14.5. The second kappa shape index (κ2) is 8.94. The average molecular weight is 425 g/mol. The lowest BCUT2D eigenvalue weighted by Gasteiger charge is -2.36. The number of carboxylic acid groups (broad SMARTS) is 1. The Bertz CT molecular complexity index is 954. The molecule has 0 bridgehead atoms. The Morgan fingerprint density at radius 1 is 1.23 bits per heavy atom. The minimum atomic E-state index is -0.827. The van der Waals surface area contributed by atoms with Gasteiger partial charge in [-0.15, -0.1) is 11.3 Å². The monoisotopic (exact) mass is 424 g/mol. The molecule has 4 rings (SSSR count). The van der Waals surface area contributed by atoms with Crippen molar-refractivity contribution in [2.75, 3.05) is 25.4 Å². The zero-order valence-corrected chi connectivity index (χ0v) is 18.8. The molecule has 1 fully saturated rings. The van der Waals surface area contributed by atoms with Crippen LogP contribution in [0.4, 0.5) is 5.69 Å². The second-order valence-corrected chi connectivity index (χ2v) is 9.92. The molecular formula is C25H32N2O2S. The van der Waals surface area contributed by atoms with E-state index in [2.05, 4.69) is 24.8 Å². The Kier molecular flexibility index (Phi) is 6.30. The van der Waals surface area contributed by atoms with Crippen molar-refractivity contribution < 1.29 is 9.90 Å². The van der Waals surface area contributed by atoms with Gasteiger partial charge < -0.3 is 10.8 Å². The molecule has 0 spiro atoms. The summed E-state index contributed by atoms with van der Waals surface area (Å²) in [5, 5.41) is 9.99. The van der Waals surface area contributed by atoms with Crippen LogP contribution in [0.2, 0.25) is 0 Å². The van der Waals surface area contributed by atoms with Gasteiger partial charge >= 0.3 is 5.97 Å². The third-order valence-electron chi connectivity index (χ3n) is 6.84. The van der Waals surface area contributed by atoms with Gasteiger partial charge in [-0.1, -0.05) is 38.8 Å². The normalized spacial score (nSPS) is 23.0. The van der Waals surface area contributed by atoms with E-state index in [0.717, 1.165) is 48.0 Å². The van der Waals surface area contributed by atoms with E-state index in [4.69, 9.17) is 5.73 Å². The van der Waals surface area contributed by atoms with Gasteiger partial charge in [0.1, 0.15) is 4.88 Å². The first kappa shape index (κ1) is 21.1. The highest BCUT2D eigenvalue weighted by Crippen LogP contribution is 2.43. The van der Waals surface area contributed by atoms with Gasteiger partial charge in [0, 0.05) is 29.2 Å². The van der Waals surface area contributed by atoms with Crippen LogP contribution in [0.25, 0.3) is 16.0 Å². The summed E-state index contributed by atoms with van der Waals surface area (Å²) in [7, 11) is 0. The molecule has 1 aliphatic heterocycles. The van der Waals surface area contributed by atoms with Crippen LogP contribution in [0.1, 0.15) is 61.2 Å².